The fourth-order valence-corrected chi connectivity index (χ4v) is 2.71. The molecule has 2 rings (SSSR count). The van der Waals surface area contributed by atoms with Crippen molar-refractivity contribution < 1.29 is 18.3 Å². The third-order valence-electron chi connectivity index (χ3n) is 4.20. The average molecular weight is 301 g/mol. The Hall–Kier alpha value is -1.07. The van der Waals surface area contributed by atoms with Gasteiger partial charge in [0.25, 0.3) is 0 Å². The highest BCUT2D eigenvalue weighted by molar-refractivity contribution is 5.26. The summed E-state index contributed by atoms with van der Waals surface area (Å²) in [4.78, 5) is 0. The predicted octanol–water partition coefficient (Wildman–Crippen LogP) is 3.91. The van der Waals surface area contributed by atoms with Crippen molar-refractivity contribution >= 4 is 0 Å². The molecule has 0 aliphatic heterocycles. The summed E-state index contributed by atoms with van der Waals surface area (Å²) >= 11 is 0. The first-order valence-corrected chi connectivity index (χ1v) is 7.42. The van der Waals surface area contributed by atoms with Gasteiger partial charge in [0, 0.05) is 13.1 Å². The second-order valence-electron chi connectivity index (χ2n) is 6.02. The van der Waals surface area contributed by atoms with Gasteiger partial charge >= 0.3 is 6.18 Å². The monoisotopic (exact) mass is 301 g/mol. The van der Waals surface area contributed by atoms with Gasteiger partial charge in [-0.05, 0) is 42.4 Å². The van der Waals surface area contributed by atoms with Crippen molar-refractivity contribution in [1.29, 1.82) is 0 Å². The highest BCUT2D eigenvalue weighted by atomic mass is 19.4. The molecular weight excluding hydrogens is 279 g/mol. The zero-order valence-corrected chi connectivity index (χ0v) is 12.2. The molecule has 2 nitrogen and oxygen atoms in total. The molecule has 0 amide bonds. The smallest absolute Gasteiger partial charge is 0.387 e. The van der Waals surface area contributed by atoms with Crippen LogP contribution >= 0.6 is 0 Å². The van der Waals surface area contributed by atoms with Gasteiger partial charge in [0.05, 0.1) is 11.7 Å². The molecule has 0 saturated heterocycles. The highest BCUT2D eigenvalue weighted by Crippen LogP contribution is 2.48. The van der Waals surface area contributed by atoms with E-state index in [0.29, 0.717) is 17.5 Å². The van der Waals surface area contributed by atoms with Crippen molar-refractivity contribution in [3.8, 4) is 0 Å². The lowest BCUT2D eigenvalue weighted by molar-refractivity contribution is -0.137. The maximum absolute atomic E-state index is 12.5. The van der Waals surface area contributed by atoms with Gasteiger partial charge in [-0.3, -0.25) is 0 Å². The Balaban J connectivity index is 1.82. The van der Waals surface area contributed by atoms with Gasteiger partial charge in [0.15, 0.2) is 0 Å². The second-order valence-corrected chi connectivity index (χ2v) is 6.02. The minimum absolute atomic E-state index is 0.372. The van der Waals surface area contributed by atoms with Crippen LogP contribution < -0.4 is 5.32 Å². The van der Waals surface area contributed by atoms with Crippen molar-refractivity contribution in [1.82, 2.24) is 5.32 Å². The molecule has 1 atom stereocenters. The maximum atomic E-state index is 12.5. The lowest BCUT2D eigenvalue weighted by Crippen LogP contribution is -2.28. The largest absolute Gasteiger partial charge is 0.416 e. The van der Waals surface area contributed by atoms with E-state index >= 15 is 0 Å². The quantitative estimate of drug-likeness (QED) is 0.800. The Bertz CT molecular complexity index is 452. The molecule has 0 heterocycles. The number of aliphatic hydroxyl groups is 1. The maximum Gasteiger partial charge on any atom is 0.416 e. The topological polar surface area (TPSA) is 32.3 Å². The normalized spacial score (nSPS) is 18.5. The van der Waals surface area contributed by atoms with Crippen LogP contribution in [0.2, 0.25) is 0 Å². The molecule has 2 N–H and O–H groups in total. The van der Waals surface area contributed by atoms with Crippen LogP contribution in [0.4, 0.5) is 13.2 Å². The molecule has 1 aliphatic carbocycles. The van der Waals surface area contributed by atoms with E-state index in [4.69, 9.17) is 0 Å². The molecule has 1 aromatic carbocycles. The van der Waals surface area contributed by atoms with Crippen LogP contribution in [0.25, 0.3) is 0 Å². The van der Waals surface area contributed by atoms with E-state index in [2.05, 4.69) is 12.2 Å². The van der Waals surface area contributed by atoms with Crippen LogP contribution in [0.3, 0.4) is 0 Å². The van der Waals surface area contributed by atoms with Crippen LogP contribution in [0, 0.1) is 5.41 Å². The van der Waals surface area contributed by atoms with E-state index in [1.807, 2.05) is 0 Å². The van der Waals surface area contributed by atoms with Gasteiger partial charge in [-0.2, -0.15) is 13.2 Å². The molecule has 1 fully saturated rings. The van der Waals surface area contributed by atoms with E-state index in [0.717, 1.165) is 25.1 Å². The number of rotatable bonds is 7. The lowest BCUT2D eigenvalue weighted by atomic mass is 10.0. The summed E-state index contributed by atoms with van der Waals surface area (Å²) in [5, 5.41) is 13.3. The van der Waals surface area contributed by atoms with Gasteiger partial charge in [-0.25, -0.2) is 0 Å². The molecule has 118 valence electrons. The number of benzene rings is 1. The molecule has 1 aromatic rings. The highest BCUT2D eigenvalue weighted by Gasteiger charge is 2.40. The van der Waals surface area contributed by atoms with Gasteiger partial charge in [0.1, 0.15) is 0 Å². The van der Waals surface area contributed by atoms with E-state index in [-0.39, 0.29) is 0 Å². The first-order valence-electron chi connectivity index (χ1n) is 7.42. The summed E-state index contributed by atoms with van der Waals surface area (Å²) in [7, 11) is 0. The predicted molar refractivity (Wildman–Crippen MR) is 75.8 cm³/mol. The second kappa shape index (κ2) is 6.36. The summed E-state index contributed by atoms with van der Waals surface area (Å²) in [6.45, 7) is 3.41. The molecule has 0 aromatic heterocycles. The Kier molecular flexibility index (Phi) is 4.94. The van der Waals surface area contributed by atoms with Crippen LogP contribution in [0.1, 0.15) is 49.8 Å². The van der Waals surface area contributed by atoms with Crippen LogP contribution in [-0.4, -0.2) is 18.2 Å². The zero-order chi connectivity index (χ0) is 15.5. The van der Waals surface area contributed by atoms with Crippen molar-refractivity contribution in [2.75, 3.05) is 13.1 Å². The van der Waals surface area contributed by atoms with Gasteiger partial charge in [-0.1, -0.05) is 25.5 Å². The molecule has 21 heavy (non-hydrogen) atoms. The fourth-order valence-electron chi connectivity index (χ4n) is 2.71. The molecule has 0 bridgehead atoms. The minimum Gasteiger partial charge on any atom is -0.387 e. The Morgan fingerprint density at radius 2 is 1.86 bits per heavy atom. The summed E-state index contributed by atoms with van der Waals surface area (Å²) in [5.74, 6) is 0. The van der Waals surface area contributed by atoms with Crippen LogP contribution in [0.15, 0.2) is 24.3 Å². The number of nitrogens with one attached hydrogen (secondary N) is 1. The van der Waals surface area contributed by atoms with Crippen molar-refractivity contribution in [2.45, 2.75) is 44.9 Å². The number of hydrogen-bond donors (Lipinski definition) is 2. The van der Waals surface area contributed by atoms with Crippen molar-refractivity contribution in [2.24, 2.45) is 5.41 Å². The van der Waals surface area contributed by atoms with Crippen LogP contribution in [0.5, 0.6) is 0 Å². The minimum atomic E-state index is -4.33. The van der Waals surface area contributed by atoms with E-state index in [9.17, 15) is 18.3 Å². The van der Waals surface area contributed by atoms with E-state index in [1.165, 1.54) is 31.4 Å². The SMILES string of the molecule is CCCC1(CNCC(O)c2ccc(C(F)(F)F)cc2)CC1. The van der Waals surface area contributed by atoms with E-state index in [1.54, 1.807) is 0 Å². The summed E-state index contributed by atoms with van der Waals surface area (Å²) in [6.07, 6.45) is -0.307. The number of halogens is 3. The first-order chi connectivity index (χ1) is 9.86. The zero-order valence-electron chi connectivity index (χ0n) is 12.2. The summed E-state index contributed by atoms with van der Waals surface area (Å²) in [5.41, 5.74) is 0.219. The number of hydrogen-bond acceptors (Lipinski definition) is 2. The Labute approximate surface area is 123 Å². The molecule has 0 radical (unpaired) electrons. The standard InChI is InChI=1S/C16H22F3NO/c1-2-7-15(8-9-15)11-20-10-14(21)12-3-5-13(6-4-12)16(17,18)19/h3-6,14,20-21H,2,7-11H2,1H3. The molecule has 1 saturated carbocycles. The third kappa shape index (κ3) is 4.45. The van der Waals surface area contributed by atoms with Gasteiger partial charge in [-0.15, -0.1) is 0 Å². The molecule has 1 unspecified atom stereocenters. The first kappa shape index (κ1) is 16.3. The molecule has 0 spiro atoms. The summed E-state index contributed by atoms with van der Waals surface area (Å²) in [6, 6.07) is 4.71. The van der Waals surface area contributed by atoms with Crippen molar-refractivity contribution in [3.05, 3.63) is 35.4 Å². The number of aliphatic hydroxyl groups excluding tert-OH is 1. The van der Waals surface area contributed by atoms with E-state index < -0.39 is 17.8 Å². The average Bonchev–Trinajstić information content (AvgIpc) is 3.18. The number of alkyl halides is 3. The molecule has 1 aliphatic rings. The lowest BCUT2D eigenvalue weighted by Gasteiger charge is -2.18. The third-order valence-corrected chi connectivity index (χ3v) is 4.20. The Morgan fingerprint density at radius 1 is 1.24 bits per heavy atom. The van der Waals surface area contributed by atoms with Gasteiger partial charge < -0.3 is 10.4 Å². The summed E-state index contributed by atoms with van der Waals surface area (Å²) < 4.78 is 37.4. The Morgan fingerprint density at radius 3 is 2.33 bits per heavy atom. The van der Waals surface area contributed by atoms with Gasteiger partial charge in [0.2, 0.25) is 0 Å². The molecular formula is C16H22F3NO. The molecule has 5 heteroatoms. The van der Waals surface area contributed by atoms with Crippen LogP contribution in [-0.2, 0) is 6.18 Å². The fraction of sp³-hybridized carbons (Fsp3) is 0.625. The van der Waals surface area contributed by atoms with Crippen molar-refractivity contribution in [3.63, 3.8) is 0 Å².